The van der Waals surface area contributed by atoms with E-state index in [9.17, 15) is 0 Å². The molecular formula is C14H22IN3OS. The van der Waals surface area contributed by atoms with Crippen molar-refractivity contribution >= 4 is 41.3 Å². The van der Waals surface area contributed by atoms with Crippen LogP contribution in [0.2, 0.25) is 0 Å². The Hall–Kier alpha value is -0.340. The van der Waals surface area contributed by atoms with E-state index >= 15 is 0 Å². The normalized spacial score (nSPS) is 28.3. The minimum absolute atomic E-state index is 0. The van der Waals surface area contributed by atoms with Gasteiger partial charge >= 0.3 is 0 Å². The van der Waals surface area contributed by atoms with Crippen LogP contribution in [0.1, 0.15) is 29.7 Å². The molecule has 4 nitrogen and oxygen atoms in total. The number of nitrogens with zero attached hydrogens (tertiary/aromatic N) is 1. The Kier molecular flexibility index (Phi) is 5.68. The van der Waals surface area contributed by atoms with Crippen molar-refractivity contribution in [3.8, 4) is 0 Å². The fraction of sp³-hybridized carbons (Fsp3) is 0.643. The standard InChI is InChI=1S/C14H21N3OS.HI/c1-9-5-6-19-13(9)8-16-14(15-2)17-11-7-10-3-4-12(11)18-10;/h5-6,10-12H,3-4,7-8H2,1-2H3,(H2,15,16,17);1H. The molecule has 3 heterocycles. The van der Waals surface area contributed by atoms with Gasteiger partial charge in [-0.3, -0.25) is 4.99 Å². The molecule has 3 unspecified atom stereocenters. The maximum atomic E-state index is 5.86. The van der Waals surface area contributed by atoms with Gasteiger partial charge in [-0.15, -0.1) is 35.3 Å². The monoisotopic (exact) mass is 407 g/mol. The first-order valence-electron chi connectivity index (χ1n) is 6.92. The zero-order valence-corrected chi connectivity index (χ0v) is 15.0. The van der Waals surface area contributed by atoms with Gasteiger partial charge in [0.25, 0.3) is 0 Å². The van der Waals surface area contributed by atoms with Crippen LogP contribution in [0.3, 0.4) is 0 Å². The molecule has 0 radical (unpaired) electrons. The van der Waals surface area contributed by atoms with Crippen LogP contribution in [0, 0.1) is 6.92 Å². The molecule has 20 heavy (non-hydrogen) atoms. The van der Waals surface area contributed by atoms with Crippen LogP contribution in [0.5, 0.6) is 0 Å². The van der Waals surface area contributed by atoms with Crippen molar-refractivity contribution in [2.75, 3.05) is 7.05 Å². The molecule has 1 aromatic rings. The van der Waals surface area contributed by atoms with Crippen LogP contribution in [0.25, 0.3) is 0 Å². The number of nitrogens with one attached hydrogen (secondary N) is 2. The van der Waals surface area contributed by atoms with E-state index in [2.05, 4.69) is 34.0 Å². The van der Waals surface area contributed by atoms with Gasteiger partial charge in [-0.2, -0.15) is 0 Å². The highest BCUT2D eigenvalue weighted by Gasteiger charge is 2.41. The third kappa shape index (κ3) is 3.46. The Balaban J connectivity index is 0.00000147. The minimum Gasteiger partial charge on any atom is -0.373 e. The summed E-state index contributed by atoms with van der Waals surface area (Å²) in [6.45, 7) is 2.98. The van der Waals surface area contributed by atoms with Gasteiger partial charge in [0.2, 0.25) is 0 Å². The molecular weight excluding hydrogens is 385 g/mol. The van der Waals surface area contributed by atoms with Crippen LogP contribution in [-0.2, 0) is 11.3 Å². The number of thiophene rings is 1. The van der Waals surface area contributed by atoms with Crippen LogP contribution < -0.4 is 10.6 Å². The summed E-state index contributed by atoms with van der Waals surface area (Å²) in [5.74, 6) is 0.883. The third-order valence-corrected chi connectivity index (χ3v) is 5.06. The number of guanidine groups is 1. The molecule has 2 aliphatic rings. The quantitative estimate of drug-likeness (QED) is 0.460. The number of ether oxygens (including phenoxy) is 1. The second kappa shape index (κ2) is 7.09. The molecule has 2 N–H and O–H groups in total. The topological polar surface area (TPSA) is 45.7 Å². The lowest BCUT2D eigenvalue weighted by atomic mass is 9.96. The number of hydrogen-bond donors (Lipinski definition) is 2. The first kappa shape index (κ1) is 16.0. The number of fused-ring (bicyclic) bond motifs is 2. The Bertz CT molecular complexity index is 477. The van der Waals surface area contributed by atoms with Gasteiger partial charge < -0.3 is 15.4 Å². The van der Waals surface area contributed by atoms with Crippen molar-refractivity contribution < 1.29 is 4.74 Å². The second-order valence-corrected chi connectivity index (χ2v) is 6.31. The van der Waals surface area contributed by atoms with E-state index in [-0.39, 0.29) is 24.0 Å². The van der Waals surface area contributed by atoms with E-state index in [1.807, 2.05) is 7.05 Å². The summed E-state index contributed by atoms with van der Waals surface area (Å²) in [4.78, 5) is 5.68. The van der Waals surface area contributed by atoms with Gasteiger partial charge in [-0.25, -0.2) is 0 Å². The number of aliphatic imine (C=N–C) groups is 1. The molecule has 2 bridgehead atoms. The van der Waals surface area contributed by atoms with E-state index in [0.29, 0.717) is 18.2 Å². The van der Waals surface area contributed by atoms with Crippen molar-refractivity contribution in [3.63, 3.8) is 0 Å². The zero-order chi connectivity index (χ0) is 13.2. The van der Waals surface area contributed by atoms with E-state index in [0.717, 1.165) is 18.9 Å². The smallest absolute Gasteiger partial charge is 0.191 e. The predicted molar refractivity (Wildman–Crippen MR) is 94.1 cm³/mol. The number of rotatable bonds is 3. The van der Waals surface area contributed by atoms with Crippen molar-refractivity contribution in [2.24, 2.45) is 4.99 Å². The van der Waals surface area contributed by atoms with Gasteiger partial charge in [0.1, 0.15) is 0 Å². The van der Waals surface area contributed by atoms with Gasteiger partial charge in [-0.1, -0.05) is 0 Å². The van der Waals surface area contributed by atoms with Gasteiger partial charge in [-0.05, 0) is 43.2 Å². The summed E-state index contributed by atoms with van der Waals surface area (Å²) < 4.78 is 5.86. The fourth-order valence-electron chi connectivity index (χ4n) is 2.91. The molecule has 3 rings (SSSR count). The summed E-state index contributed by atoms with van der Waals surface area (Å²) in [5, 5.41) is 9.02. The van der Waals surface area contributed by atoms with E-state index in [1.54, 1.807) is 11.3 Å². The Morgan fingerprint density at radius 2 is 2.35 bits per heavy atom. The van der Waals surface area contributed by atoms with Crippen LogP contribution in [0.4, 0.5) is 0 Å². The van der Waals surface area contributed by atoms with Crippen molar-refractivity contribution in [3.05, 3.63) is 21.9 Å². The molecule has 0 saturated carbocycles. The molecule has 6 heteroatoms. The maximum Gasteiger partial charge on any atom is 0.191 e. The Labute approximate surface area is 141 Å². The summed E-state index contributed by atoms with van der Waals surface area (Å²) in [6.07, 6.45) is 4.38. The summed E-state index contributed by atoms with van der Waals surface area (Å²) in [6, 6.07) is 2.58. The number of hydrogen-bond acceptors (Lipinski definition) is 3. The average molecular weight is 407 g/mol. The third-order valence-electron chi connectivity index (χ3n) is 4.04. The maximum absolute atomic E-state index is 5.86. The Morgan fingerprint density at radius 1 is 1.50 bits per heavy atom. The molecule has 0 aliphatic carbocycles. The highest BCUT2D eigenvalue weighted by molar-refractivity contribution is 14.0. The van der Waals surface area contributed by atoms with Crippen LogP contribution in [0.15, 0.2) is 16.4 Å². The number of halogens is 1. The highest BCUT2D eigenvalue weighted by Crippen LogP contribution is 2.34. The van der Waals surface area contributed by atoms with Crippen LogP contribution in [-0.4, -0.2) is 31.3 Å². The molecule has 2 fully saturated rings. The number of aryl methyl sites for hydroxylation is 1. The van der Waals surface area contributed by atoms with Crippen LogP contribution >= 0.6 is 35.3 Å². The molecule has 1 aromatic heterocycles. The van der Waals surface area contributed by atoms with E-state index in [1.165, 1.54) is 23.3 Å². The zero-order valence-electron chi connectivity index (χ0n) is 11.9. The Morgan fingerprint density at radius 3 is 2.90 bits per heavy atom. The van der Waals surface area contributed by atoms with Crippen molar-refractivity contribution in [1.82, 2.24) is 10.6 Å². The molecule has 0 amide bonds. The summed E-state index contributed by atoms with van der Waals surface area (Å²) in [7, 11) is 1.82. The molecule has 3 atom stereocenters. The second-order valence-electron chi connectivity index (χ2n) is 5.31. The van der Waals surface area contributed by atoms with E-state index < -0.39 is 0 Å². The molecule has 2 saturated heterocycles. The first-order chi connectivity index (χ1) is 9.26. The molecule has 2 aliphatic heterocycles. The van der Waals surface area contributed by atoms with Crippen molar-refractivity contribution in [2.45, 2.75) is 51.0 Å². The minimum atomic E-state index is 0. The lowest BCUT2D eigenvalue weighted by Crippen LogP contribution is -2.47. The first-order valence-corrected chi connectivity index (χ1v) is 7.80. The lowest BCUT2D eigenvalue weighted by Gasteiger charge is -2.22. The summed E-state index contributed by atoms with van der Waals surface area (Å²) >= 11 is 1.79. The van der Waals surface area contributed by atoms with Gasteiger partial charge in [0.05, 0.1) is 24.8 Å². The van der Waals surface area contributed by atoms with Crippen molar-refractivity contribution in [1.29, 1.82) is 0 Å². The SMILES string of the molecule is CN=C(NCc1sccc1C)NC1CC2CCC1O2.I. The summed E-state index contributed by atoms with van der Waals surface area (Å²) in [5.41, 5.74) is 1.34. The highest BCUT2D eigenvalue weighted by atomic mass is 127. The fourth-order valence-corrected chi connectivity index (χ4v) is 3.76. The molecule has 0 spiro atoms. The van der Waals surface area contributed by atoms with E-state index in [4.69, 9.17) is 4.74 Å². The molecule has 0 aromatic carbocycles. The van der Waals surface area contributed by atoms with Gasteiger partial charge in [0.15, 0.2) is 5.96 Å². The largest absolute Gasteiger partial charge is 0.373 e. The average Bonchev–Trinajstić information content (AvgIpc) is 3.11. The lowest BCUT2D eigenvalue weighted by molar-refractivity contribution is 0.0992. The molecule has 112 valence electrons. The van der Waals surface area contributed by atoms with Gasteiger partial charge in [0, 0.05) is 11.9 Å². The predicted octanol–water partition coefficient (Wildman–Crippen LogP) is 2.66.